The highest BCUT2D eigenvalue weighted by Crippen LogP contribution is 2.31. The molecule has 1 saturated heterocycles. The van der Waals surface area contributed by atoms with Gasteiger partial charge in [-0.05, 0) is 37.6 Å². The largest absolute Gasteiger partial charge is 0.370 e. The molecule has 2 heterocycles. The van der Waals surface area contributed by atoms with Gasteiger partial charge in [-0.1, -0.05) is 41.2 Å². The molecule has 1 fully saturated rings. The van der Waals surface area contributed by atoms with Gasteiger partial charge in [0.1, 0.15) is 13.1 Å². The van der Waals surface area contributed by atoms with Gasteiger partial charge in [-0.25, -0.2) is 4.98 Å². The van der Waals surface area contributed by atoms with Crippen molar-refractivity contribution in [1.82, 2.24) is 4.98 Å². The molecule has 0 radical (unpaired) electrons. The van der Waals surface area contributed by atoms with Crippen LogP contribution in [0.3, 0.4) is 0 Å². The van der Waals surface area contributed by atoms with E-state index in [0.29, 0.717) is 6.54 Å². The molecule has 0 bridgehead atoms. The minimum absolute atomic E-state index is 0.0300. The lowest BCUT2D eigenvalue weighted by atomic mass is 10.1. The molecular formula is C23H28N3O2S+. The first-order valence-electron chi connectivity index (χ1n) is 10.3. The number of hydrogen-bond acceptors (Lipinski definition) is 4. The Morgan fingerprint density at radius 1 is 1.17 bits per heavy atom. The SMILES string of the molecule is Cc1cccc(C(=O)N(CCC[NH+]2CCOCC2)c2nc3c(C)cccc3s2)c1. The second-order valence-electron chi connectivity index (χ2n) is 7.71. The van der Waals surface area contributed by atoms with Gasteiger partial charge >= 0.3 is 0 Å². The zero-order chi connectivity index (χ0) is 20.2. The van der Waals surface area contributed by atoms with Crippen molar-refractivity contribution in [2.75, 3.05) is 44.3 Å². The number of carbonyl (C=O) groups excluding carboxylic acids is 1. The second kappa shape index (κ2) is 9.03. The third-order valence-electron chi connectivity index (χ3n) is 5.46. The quantitative estimate of drug-likeness (QED) is 0.680. The van der Waals surface area contributed by atoms with Crippen LogP contribution in [0.4, 0.5) is 5.13 Å². The first-order chi connectivity index (χ1) is 14.1. The van der Waals surface area contributed by atoms with Crippen LogP contribution >= 0.6 is 11.3 Å². The maximum Gasteiger partial charge on any atom is 0.260 e. The number of thiazole rings is 1. The van der Waals surface area contributed by atoms with Crippen molar-refractivity contribution in [1.29, 1.82) is 0 Å². The minimum Gasteiger partial charge on any atom is -0.370 e. The van der Waals surface area contributed by atoms with E-state index in [2.05, 4.69) is 19.1 Å². The lowest BCUT2D eigenvalue weighted by Gasteiger charge is -2.25. The Bertz CT molecular complexity index is 995. The van der Waals surface area contributed by atoms with Crippen LogP contribution in [0.1, 0.15) is 27.9 Å². The van der Waals surface area contributed by atoms with Gasteiger partial charge in [-0.2, -0.15) is 0 Å². The van der Waals surface area contributed by atoms with Gasteiger partial charge < -0.3 is 9.64 Å². The molecule has 0 atom stereocenters. The number of amides is 1. The van der Waals surface area contributed by atoms with E-state index in [-0.39, 0.29) is 5.91 Å². The van der Waals surface area contributed by atoms with E-state index < -0.39 is 0 Å². The molecule has 1 N–H and O–H groups in total. The zero-order valence-corrected chi connectivity index (χ0v) is 17.9. The Labute approximate surface area is 175 Å². The molecule has 1 aliphatic heterocycles. The summed E-state index contributed by atoms with van der Waals surface area (Å²) in [4.78, 5) is 21.7. The number of benzene rings is 2. The maximum atomic E-state index is 13.4. The molecule has 29 heavy (non-hydrogen) atoms. The number of para-hydroxylation sites is 1. The van der Waals surface area contributed by atoms with Crippen LogP contribution in [-0.2, 0) is 4.74 Å². The van der Waals surface area contributed by atoms with Crippen LogP contribution in [0.2, 0.25) is 0 Å². The number of hydrogen-bond donors (Lipinski definition) is 1. The first-order valence-corrected chi connectivity index (χ1v) is 11.1. The third-order valence-corrected chi connectivity index (χ3v) is 6.51. The van der Waals surface area contributed by atoms with Crippen molar-refractivity contribution in [3.8, 4) is 0 Å². The zero-order valence-electron chi connectivity index (χ0n) is 17.1. The van der Waals surface area contributed by atoms with Crippen molar-refractivity contribution in [3.63, 3.8) is 0 Å². The Morgan fingerprint density at radius 2 is 1.97 bits per heavy atom. The number of anilines is 1. The Kier molecular flexibility index (Phi) is 6.23. The van der Waals surface area contributed by atoms with Crippen molar-refractivity contribution in [2.24, 2.45) is 0 Å². The molecule has 2 aromatic carbocycles. The number of carbonyl (C=O) groups is 1. The normalized spacial score (nSPS) is 15.0. The van der Waals surface area contributed by atoms with E-state index in [4.69, 9.17) is 9.72 Å². The van der Waals surface area contributed by atoms with Gasteiger partial charge in [0, 0.05) is 18.5 Å². The van der Waals surface area contributed by atoms with E-state index >= 15 is 0 Å². The van der Waals surface area contributed by atoms with Crippen LogP contribution < -0.4 is 9.80 Å². The molecule has 1 aliphatic rings. The summed E-state index contributed by atoms with van der Waals surface area (Å²) in [6, 6.07) is 14.0. The number of aromatic nitrogens is 1. The van der Waals surface area contributed by atoms with Crippen molar-refractivity contribution in [3.05, 3.63) is 59.2 Å². The summed E-state index contributed by atoms with van der Waals surface area (Å²) < 4.78 is 6.58. The number of aryl methyl sites for hydroxylation is 2. The Balaban J connectivity index is 1.58. The molecule has 1 aromatic heterocycles. The average molecular weight is 411 g/mol. The number of morpholine rings is 1. The van der Waals surface area contributed by atoms with Crippen molar-refractivity contribution >= 4 is 32.6 Å². The molecule has 0 aliphatic carbocycles. The van der Waals surface area contributed by atoms with Gasteiger partial charge in [0.25, 0.3) is 5.91 Å². The highest BCUT2D eigenvalue weighted by molar-refractivity contribution is 7.22. The van der Waals surface area contributed by atoms with Gasteiger partial charge in [0.05, 0.1) is 30.0 Å². The standard InChI is InChI=1S/C23H27N3O2S/c1-17-6-3-8-19(16-17)22(27)26(11-5-10-25-12-14-28-15-13-25)23-24-21-18(2)7-4-9-20(21)29-23/h3-4,6-9,16H,5,10-15H2,1-2H3/p+1. The van der Waals surface area contributed by atoms with Crippen molar-refractivity contribution < 1.29 is 14.4 Å². The maximum absolute atomic E-state index is 13.4. The number of quaternary nitrogens is 1. The summed E-state index contributed by atoms with van der Waals surface area (Å²) in [6.07, 6.45) is 0.946. The molecule has 152 valence electrons. The summed E-state index contributed by atoms with van der Waals surface area (Å²) in [5, 5.41) is 0.790. The second-order valence-corrected chi connectivity index (χ2v) is 8.72. The van der Waals surface area contributed by atoms with Gasteiger partial charge in [-0.3, -0.25) is 9.69 Å². The number of rotatable bonds is 6. The average Bonchev–Trinajstić information content (AvgIpc) is 3.17. The summed E-state index contributed by atoms with van der Waals surface area (Å²) >= 11 is 1.60. The van der Waals surface area contributed by atoms with Crippen LogP contribution in [-0.4, -0.2) is 50.3 Å². The number of nitrogens with zero attached hydrogens (tertiary/aromatic N) is 2. The summed E-state index contributed by atoms with van der Waals surface area (Å²) in [7, 11) is 0. The van der Waals surface area contributed by atoms with Gasteiger partial charge in [0.2, 0.25) is 0 Å². The fourth-order valence-corrected chi connectivity index (χ4v) is 4.87. The number of nitrogens with one attached hydrogen (secondary N) is 1. The van der Waals surface area contributed by atoms with Crippen LogP contribution in [0.15, 0.2) is 42.5 Å². The molecule has 0 unspecified atom stereocenters. The third kappa shape index (κ3) is 4.66. The molecule has 0 spiro atoms. The van der Waals surface area contributed by atoms with Crippen molar-refractivity contribution in [2.45, 2.75) is 20.3 Å². The monoisotopic (exact) mass is 410 g/mol. The molecule has 5 nitrogen and oxygen atoms in total. The minimum atomic E-state index is 0.0300. The van der Waals surface area contributed by atoms with Gasteiger partial charge in [-0.15, -0.1) is 0 Å². The highest BCUT2D eigenvalue weighted by Gasteiger charge is 2.23. The van der Waals surface area contributed by atoms with E-state index in [9.17, 15) is 4.79 Å². The van der Waals surface area contributed by atoms with E-state index in [0.717, 1.165) is 71.3 Å². The summed E-state index contributed by atoms with van der Waals surface area (Å²) in [5.41, 5.74) is 3.95. The van der Waals surface area contributed by atoms with E-state index in [1.807, 2.05) is 42.2 Å². The molecule has 4 rings (SSSR count). The van der Waals surface area contributed by atoms with Gasteiger partial charge in [0.15, 0.2) is 5.13 Å². The Morgan fingerprint density at radius 3 is 2.72 bits per heavy atom. The van der Waals surface area contributed by atoms with Crippen LogP contribution in [0, 0.1) is 13.8 Å². The lowest BCUT2D eigenvalue weighted by molar-refractivity contribution is -0.908. The van der Waals surface area contributed by atoms with Crippen LogP contribution in [0.5, 0.6) is 0 Å². The highest BCUT2D eigenvalue weighted by atomic mass is 32.1. The number of ether oxygens (including phenoxy) is 1. The molecular weight excluding hydrogens is 382 g/mol. The topological polar surface area (TPSA) is 46.9 Å². The van der Waals surface area contributed by atoms with E-state index in [1.165, 1.54) is 0 Å². The Hall–Kier alpha value is -2.28. The fraction of sp³-hybridized carbons (Fsp3) is 0.391. The predicted molar refractivity (Wildman–Crippen MR) is 118 cm³/mol. The molecule has 6 heteroatoms. The fourth-order valence-electron chi connectivity index (χ4n) is 3.81. The van der Waals surface area contributed by atoms with E-state index in [1.54, 1.807) is 16.2 Å². The molecule has 1 amide bonds. The van der Waals surface area contributed by atoms with Crippen LogP contribution in [0.25, 0.3) is 10.2 Å². The summed E-state index contributed by atoms with van der Waals surface area (Å²) in [6.45, 7) is 9.57. The smallest absolute Gasteiger partial charge is 0.260 e. The lowest BCUT2D eigenvalue weighted by Crippen LogP contribution is -3.14. The molecule has 3 aromatic rings. The number of fused-ring (bicyclic) bond motifs is 1. The predicted octanol–water partition coefficient (Wildman–Crippen LogP) is 2.87. The first kappa shape index (κ1) is 20.0. The molecule has 0 saturated carbocycles. The summed E-state index contributed by atoms with van der Waals surface area (Å²) in [5.74, 6) is 0.0300.